The van der Waals surface area contributed by atoms with Crippen molar-refractivity contribution in [3.63, 3.8) is 0 Å². The summed E-state index contributed by atoms with van der Waals surface area (Å²) in [6, 6.07) is 8.83. The molecule has 0 unspecified atom stereocenters. The number of esters is 2. The first-order valence-corrected chi connectivity index (χ1v) is 11.5. The molecule has 0 saturated heterocycles. The lowest BCUT2D eigenvalue weighted by Crippen LogP contribution is -2.08. The molecule has 2 aromatic rings. The number of hydrogen-bond donors (Lipinski definition) is 0. The van der Waals surface area contributed by atoms with E-state index in [1.807, 2.05) is 13.0 Å². The summed E-state index contributed by atoms with van der Waals surface area (Å²) < 4.78 is 12.7. The highest BCUT2D eigenvalue weighted by atomic mass is 127. The van der Waals surface area contributed by atoms with Gasteiger partial charge in [-0.25, -0.2) is 9.79 Å². The Bertz CT molecular complexity index is 1050. The van der Waals surface area contributed by atoms with Gasteiger partial charge >= 0.3 is 11.9 Å². The zero-order chi connectivity index (χ0) is 21.1. The zero-order valence-corrected chi connectivity index (χ0v) is 21.1. The lowest BCUT2D eigenvalue weighted by molar-refractivity contribution is -0.134. The molecule has 0 spiro atoms. The van der Waals surface area contributed by atoms with Crippen molar-refractivity contribution in [2.24, 2.45) is 4.99 Å². The summed E-state index contributed by atoms with van der Waals surface area (Å²) in [6.45, 7) is 1.90. The summed E-state index contributed by atoms with van der Waals surface area (Å²) in [5, 5.41) is 0.446. The van der Waals surface area contributed by atoms with Crippen molar-refractivity contribution in [2.75, 3.05) is 0 Å². The van der Waals surface area contributed by atoms with E-state index in [-0.39, 0.29) is 17.6 Å². The van der Waals surface area contributed by atoms with Crippen molar-refractivity contribution >= 4 is 90.0 Å². The van der Waals surface area contributed by atoms with E-state index in [9.17, 15) is 9.59 Å². The average molecular weight is 653 g/mol. The summed E-state index contributed by atoms with van der Waals surface area (Å²) >= 11 is 15.2. The van der Waals surface area contributed by atoms with Gasteiger partial charge < -0.3 is 9.47 Å². The van der Waals surface area contributed by atoms with Crippen molar-refractivity contribution in [1.82, 2.24) is 0 Å². The number of rotatable bonds is 5. The maximum atomic E-state index is 12.3. The van der Waals surface area contributed by atoms with Gasteiger partial charge in [0.05, 0.1) is 19.5 Å². The maximum Gasteiger partial charge on any atom is 0.363 e. The molecule has 0 aliphatic carbocycles. The second-order valence-corrected chi connectivity index (χ2v) is 9.36. The fourth-order valence-corrected chi connectivity index (χ4v) is 4.55. The first kappa shape index (κ1) is 22.5. The summed E-state index contributed by atoms with van der Waals surface area (Å²) in [5.41, 5.74) is 1.37. The van der Waals surface area contributed by atoms with Crippen molar-refractivity contribution in [1.29, 1.82) is 0 Å². The molecule has 150 valence electrons. The number of nitrogens with zero attached hydrogens (tertiary/aromatic N) is 1. The molecule has 0 N–H and O–H groups in total. The van der Waals surface area contributed by atoms with Gasteiger partial charge in [-0.2, -0.15) is 0 Å². The zero-order valence-electron chi connectivity index (χ0n) is 15.0. The molecule has 2 aromatic carbocycles. The second kappa shape index (κ2) is 9.72. The molecule has 0 saturated carbocycles. The van der Waals surface area contributed by atoms with Crippen LogP contribution in [0, 0.1) is 3.57 Å². The first-order chi connectivity index (χ1) is 13.8. The van der Waals surface area contributed by atoms with Gasteiger partial charge in [-0.15, -0.1) is 0 Å². The van der Waals surface area contributed by atoms with E-state index in [1.54, 1.807) is 30.3 Å². The number of hydrogen-bond acceptors (Lipinski definition) is 5. The molecule has 1 aliphatic heterocycles. The molecular formula is C20H13Br2ClINO4. The average Bonchev–Trinajstić information content (AvgIpc) is 3.01. The standard InChI is InChI=1S/C20H13Br2ClINO4/c1-2-3-17(26)28-18-13(21)6-10(7-14(18)22)8-16-20(27)29-19(25-16)12-9-11(24)4-5-15(12)23/h4-9H,2-3H2,1H3/b16-8-. The minimum absolute atomic E-state index is 0.143. The Hall–Kier alpha value is -1.23. The van der Waals surface area contributed by atoms with Crippen LogP contribution in [0.25, 0.3) is 6.08 Å². The largest absolute Gasteiger partial charge is 0.424 e. The molecule has 5 nitrogen and oxygen atoms in total. The van der Waals surface area contributed by atoms with Crippen molar-refractivity contribution in [3.05, 3.63) is 64.7 Å². The molecular weight excluding hydrogens is 640 g/mol. The molecule has 0 radical (unpaired) electrons. The van der Waals surface area contributed by atoms with Gasteiger partial charge in [-0.05, 0) is 103 Å². The Morgan fingerprint density at radius 1 is 1.28 bits per heavy atom. The smallest absolute Gasteiger partial charge is 0.363 e. The highest BCUT2D eigenvalue weighted by molar-refractivity contribution is 14.1. The third-order valence-corrected chi connectivity index (χ3v) is 5.95. The fourth-order valence-electron chi connectivity index (χ4n) is 2.47. The maximum absolute atomic E-state index is 12.3. The molecule has 0 bridgehead atoms. The molecule has 9 heteroatoms. The van der Waals surface area contributed by atoms with E-state index in [1.165, 1.54) is 0 Å². The van der Waals surface area contributed by atoms with Crippen LogP contribution in [0.3, 0.4) is 0 Å². The topological polar surface area (TPSA) is 65.0 Å². The predicted octanol–water partition coefficient (Wildman–Crippen LogP) is 6.52. The van der Waals surface area contributed by atoms with Crippen LogP contribution in [-0.2, 0) is 14.3 Å². The number of benzene rings is 2. The van der Waals surface area contributed by atoms with Gasteiger partial charge in [0, 0.05) is 9.99 Å². The van der Waals surface area contributed by atoms with Crippen LogP contribution in [-0.4, -0.2) is 17.8 Å². The van der Waals surface area contributed by atoms with E-state index in [2.05, 4.69) is 59.4 Å². The van der Waals surface area contributed by atoms with E-state index < -0.39 is 5.97 Å². The van der Waals surface area contributed by atoms with Crippen LogP contribution in [0.15, 0.2) is 50.0 Å². The fraction of sp³-hybridized carbons (Fsp3) is 0.150. The van der Waals surface area contributed by atoms with E-state index in [0.29, 0.717) is 43.7 Å². The SMILES string of the molecule is CCCC(=O)Oc1c(Br)cc(/C=C2\N=C(c3cc(I)ccc3Cl)OC2=O)cc1Br. The molecule has 0 fully saturated rings. The Morgan fingerprint density at radius 3 is 2.62 bits per heavy atom. The van der Waals surface area contributed by atoms with Crippen LogP contribution in [0.5, 0.6) is 5.75 Å². The molecule has 29 heavy (non-hydrogen) atoms. The lowest BCUT2D eigenvalue weighted by Gasteiger charge is -2.09. The van der Waals surface area contributed by atoms with Crippen LogP contribution in [0.1, 0.15) is 30.9 Å². The van der Waals surface area contributed by atoms with E-state index in [0.717, 1.165) is 3.57 Å². The van der Waals surface area contributed by atoms with Crippen molar-refractivity contribution < 1.29 is 19.1 Å². The molecule has 1 aliphatic rings. The number of ether oxygens (including phenoxy) is 2. The Morgan fingerprint density at radius 2 is 1.97 bits per heavy atom. The van der Waals surface area contributed by atoms with Gasteiger partial charge in [0.25, 0.3) is 0 Å². The van der Waals surface area contributed by atoms with Crippen LogP contribution >= 0.6 is 66.1 Å². The van der Waals surface area contributed by atoms with Crippen LogP contribution < -0.4 is 4.74 Å². The quantitative estimate of drug-likeness (QED) is 0.160. The Labute approximate surface area is 202 Å². The summed E-state index contributed by atoms with van der Waals surface area (Å²) in [6.07, 6.45) is 2.62. The van der Waals surface area contributed by atoms with Gasteiger partial charge in [0.2, 0.25) is 5.90 Å². The molecule has 0 amide bonds. The Kier molecular flexibility index (Phi) is 7.53. The molecule has 0 atom stereocenters. The van der Waals surface area contributed by atoms with Crippen molar-refractivity contribution in [2.45, 2.75) is 19.8 Å². The number of aliphatic imine (C=N–C) groups is 1. The first-order valence-electron chi connectivity index (χ1n) is 8.46. The highest BCUT2D eigenvalue weighted by Crippen LogP contribution is 2.36. The normalized spacial score (nSPS) is 14.7. The summed E-state index contributed by atoms with van der Waals surface area (Å²) in [4.78, 5) is 28.3. The number of carbonyl (C=O) groups is 2. The monoisotopic (exact) mass is 651 g/mol. The summed E-state index contributed by atoms with van der Waals surface area (Å²) in [5.74, 6) is -0.342. The molecule has 3 rings (SSSR count). The predicted molar refractivity (Wildman–Crippen MR) is 127 cm³/mol. The lowest BCUT2D eigenvalue weighted by atomic mass is 10.2. The third-order valence-electron chi connectivity index (χ3n) is 3.77. The third kappa shape index (κ3) is 5.48. The minimum atomic E-state index is -0.569. The van der Waals surface area contributed by atoms with Crippen LogP contribution in [0.2, 0.25) is 5.02 Å². The van der Waals surface area contributed by atoms with Crippen LogP contribution in [0.4, 0.5) is 0 Å². The van der Waals surface area contributed by atoms with E-state index in [4.69, 9.17) is 21.1 Å². The Balaban J connectivity index is 1.91. The number of halogens is 4. The van der Waals surface area contributed by atoms with E-state index >= 15 is 0 Å². The highest BCUT2D eigenvalue weighted by Gasteiger charge is 2.26. The van der Waals surface area contributed by atoms with Gasteiger partial charge in [-0.1, -0.05) is 18.5 Å². The van der Waals surface area contributed by atoms with Gasteiger partial charge in [0.15, 0.2) is 11.4 Å². The number of carbonyl (C=O) groups excluding carboxylic acids is 2. The summed E-state index contributed by atoms with van der Waals surface area (Å²) in [7, 11) is 0. The number of cyclic esters (lactones) is 1. The minimum Gasteiger partial charge on any atom is -0.424 e. The van der Waals surface area contributed by atoms with Crippen molar-refractivity contribution in [3.8, 4) is 5.75 Å². The second-order valence-electron chi connectivity index (χ2n) is 6.00. The molecule has 1 heterocycles. The molecule has 0 aromatic heterocycles. The van der Waals surface area contributed by atoms with Gasteiger partial charge in [0.1, 0.15) is 0 Å². The van der Waals surface area contributed by atoms with Gasteiger partial charge in [-0.3, -0.25) is 4.79 Å².